The monoisotopic (exact) mass is 479 g/mol. The third-order valence-corrected chi connectivity index (χ3v) is 4.55. The van der Waals surface area contributed by atoms with Crippen molar-refractivity contribution in [2.75, 3.05) is 6.61 Å². The van der Waals surface area contributed by atoms with E-state index >= 15 is 0 Å². The maximum Gasteiger partial charge on any atom is 4.00 e. The Bertz CT molecular complexity index is 678. The van der Waals surface area contributed by atoms with Gasteiger partial charge in [-0.05, 0) is 0 Å². The molecule has 1 fully saturated rings. The van der Waals surface area contributed by atoms with Gasteiger partial charge in [-0.15, -0.1) is 0 Å². The van der Waals surface area contributed by atoms with Crippen LogP contribution < -0.4 is 0 Å². The van der Waals surface area contributed by atoms with E-state index in [4.69, 9.17) is 4.74 Å². The Morgan fingerprint density at radius 3 is 0.939 bits per heavy atom. The molecule has 1 heterocycles. The molecule has 0 unspecified atom stereocenters. The summed E-state index contributed by atoms with van der Waals surface area (Å²) in [7, 11) is 0. The van der Waals surface area contributed by atoms with Crippen molar-refractivity contribution in [2.24, 2.45) is 0 Å². The molecular formula is C31H40OV. The molecule has 1 radical (unpaired) electrons. The van der Waals surface area contributed by atoms with E-state index in [1.807, 2.05) is 6.61 Å². The van der Waals surface area contributed by atoms with Crippen LogP contribution in [0.4, 0.5) is 0 Å². The molecule has 1 nitrogen and oxygen atoms in total. The standard InChI is InChI=1S/3C9H11.C4H7O.V/c3*1-7-4-8(2)6-9(3)5-7;1-2-4-5-3-1;/h3*4-5H,1-3H3;3H,1-2,4H2;/q4*-1;+4. The second-order valence-corrected chi connectivity index (χ2v) is 8.75. The molecule has 1 saturated heterocycles. The first-order chi connectivity index (χ1) is 15.0. The van der Waals surface area contributed by atoms with E-state index < -0.39 is 0 Å². The van der Waals surface area contributed by atoms with Crippen LogP contribution in [0, 0.1) is 87.1 Å². The molecule has 0 aliphatic carbocycles. The zero-order chi connectivity index (χ0) is 24.1. The van der Waals surface area contributed by atoms with Crippen molar-refractivity contribution in [3.8, 4) is 0 Å². The van der Waals surface area contributed by atoms with Crippen molar-refractivity contribution < 1.29 is 23.3 Å². The molecule has 3 aromatic carbocycles. The van der Waals surface area contributed by atoms with Crippen LogP contribution >= 0.6 is 0 Å². The minimum atomic E-state index is 0. The van der Waals surface area contributed by atoms with Gasteiger partial charge in [0, 0.05) is 6.61 Å². The van der Waals surface area contributed by atoms with Gasteiger partial charge in [-0.2, -0.15) is 111 Å². The summed E-state index contributed by atoms with van der Waals surface area (Å²) in [5, 5.41) is 0. The van der Waals surface area contributed by atoms with Gasteiger partial charge in [0.15, 0.2) is 0 Å². The summed E-state index contributed by atoms with van der Waals surface area (Å²) < 4.78 is 4.82. The molecule has 175 valence electrons. The van der Waals surface area contributed by atoms with E-state index in [2.05, 4.69) is 117 Å². The quantitative estimate of drug-likeness (QED) is 0.295. The molecule has 0 bridgehead atoms. The van der Waals surface area contributed by atoms with Gasteiger partial charge in [-0.1, -0.05) is 68.7 Å². The van der Waals surface area contributed by atoms with E-state index in [0.29, 0.717) is 0 Å². The first-order valence-corrected chi connectivity index (χ1v) is 11.4. The molecule has 33 heavy (non-hydrogen) atoms. The maximum atomic E-state index is 4.82. The summed E-state index contributed by atoms with van der Waals surface area (Å²) in [4.78, 5) is 0. The first kappa shape index (κ1) is 31.2. The van der Waals surface area contributed by atoms with Crippen LogP contribution in [0.3, 0.4) is 0 Å². The molecule has 0 N–H and O–H groups in total. The van der Waals surface area contributed by atoms with E-state index in [-0.39, 0.29) is 18.6 Å². The van der Waals surface area contributed by atoms with E-state index in [9.17, 15) is 0 Å². The Kier molecular flexibility index (Phi) is 15.8. The molecule has 0 saturated carbocycles. The van der Waals surface area contributed by atoms with E-state index in [1.165, 1.54) is 56.5 Å². The van der Waals surface area contributed by atoms with Crippen molar-refractivity contribution in [3.05, 3.63) is 111 Å². The third-order valence-electron chi connectivity index (χ3n) is 4.55. The smallest absolute Gasteiger partial charge is 0.552 e. The largest absolute Gasteiger partial charge is 4.00 e. The molecule has 1 aliphatic rings. The van der Waals surface area contributed by atoms with Gasteiger partial charge in [0.1, 0.15) is 0 Å². The minimum Gasteiger partial charge on any atom is -0.552 e. The van der Waals surface area contributed by atoms with Gasteiger partial charge < -0.3 is 4.74 Å². The average molecular weight is 480 g/mol. The number of hydrogen-bond acceptors (Lipinski definition) is 1. The van der Waals surface area contributed by atoms with Crippen LogP contribution in [0.15, 0.2) is 36.4 Å². The predicted molar refractivity (Wildman–Crippen MR) is 138 cm³/mol. The second kappa shape index (κ2) is 16.8. The van der Waals surface area contributed by atoms with Crippen molar-refractivity contribution in [1.82, 2.24) is 0 Å². The molecular weight excluding hydrogens is 439 g/mol. The van der Waals surface area contributed by atoms with Crippen LogP contribution in [0.25, 0.3) is 0 Å². The molecule has 2 heteroatoms. The average Bonchev–Trinajstić information content (AvgIpc) is 3.18. The Morgan fingerprint density at radius 1 is 0.545 bits per heavy atom. The van der Waals surface area contributed by atoms with Gasteiger partial charge in [-0.25, -0.2) is 6.61 Å². The summed E-state index contributed by atoms with van der Waals surface area (Å²) in [6, 6.07) is 22.4. The second-order valence-electron chi connectivity index (χ2n) is 8.75. The number of aryl methyl sites for hydroxylation is 9. The fourth-order valence-electron chi connectivity index (χ4n) is 3.74. The summed E-state index contributed by atoms with van der Waals surface area (Å²) in [5.74, 6) is 0. The van der Waals surface area contributed by atoms with Crippen molar-refractivity contribution in [3.63, 3.8) is 0 Å². The summed E-state index contributed by atoms with van der Waals surface area (Å²) >= 11 is 0. The minimum absolute atomic E-state index is 0. The molecule has 4 rings (SSSR count). The Balaban J connectivity index is 0.000000417. The molecule has 0 aromatic heterocycles. The number of rotatable bonds is 0. The number of ether oxygens (including phenoxy) is 1. The molecule has 0 amide bonds. The van der Waals surface area contributed by atoms with Gasteiger partial charge in [0.05, 0.1) is 0 Å². The van der Waals surface area contributed by atoms with Gasteiger partial charge in [0.2, 0.25) is 0 Å². The van der Waals surface area contributed by atoms with Crippen LogP contribution in [0.1, 0.15) is 62.9 Å². The van der Waals surface area contributed by atoms with Crippen molar-refractivity contribution >= 4 is 0 Å². The predicted octanol–water partition coefficient (Wildman–Crippen LogP) is 8.19. The zero-order valence-electron chi connectivity index (χ0n) is 22.0. The van der Waals surface area contributed by atoms with Crippen LogP contribution in [-0.4, -0.2) is 6.61 Å². The third kappa shape index (κ3) is 15.6. The van der Waals surface area contributed by atoms with Crippen molar-refractivity contribution in [1.29, 1.82) is 0 Å². The Labute approximate surface area is 215 Å². The van der Waals surface area contributed by atoms with Crippen molar-refractivity contribution in [2.45, 2.75) is 75.2 Å². The normalized spacial score (nSPS) is 11.5. The van der Waals surface area contributed by atoms with Crippen LogP contribution in [0.2, 0.25) is 0 Å². The molecule has 1 aliphatic heterocycles. The van der Waals surface area contributed by atoms with Gasteiger partial charge in [0.25, 0.3) is 0 Å². The van der Waals surface area contributed by atoms with Gasteiger partial charge >= 0.3 is 18.6 Å². The first-order valence-electron chi connectivity index (χ1n) is 11.4. The summed E-state index contributed by atoms with van der Waals surface area (Å²) in [5.41, 5.74) is 11.3. The molecule has 0 atom stereocenters. The summed E-state index contributed by atoms with van der Waals surface area (Å²) in [6.45, 7) is 21.5. The van der Waals surface area contributed by atoms with Crippen LogP contribution in [-0.2, 0) is 23.3 Å². The summed E-state index contributed by atoms with van der Waals surface area (Å²) in [6.07, 6.45) is 2.38. The molecule has 0 spiro atoms. The Morgan fingerprint density at radius 2 is 0.818 bits per heavy atom. The van der Waals surface area contributed by atoms with E-state index in [0.717, 1.165) is 13.0 Å². The fourth-order valence-corrected chi connectivity index (χ4v) is 3.74. The van der Waals surface area contributed by atoms with E-state index in [1.54, 1.807) is 0 Å². The number of benzene rings is 3. The fraction of sp³-hybridized carbons (Fsp3) is 0.387. The SMILES string of the molecule is Cc1[c-]c(C)cc(C)c1.Cc1[c-]c(C)cc(C)c1.Cc1[c-]c(C)cc(C)c1.[CH-]1CCCO1.[V+4]. The topological polar surface area (TPSA) is 9.23 Å². The van der Waals surface area contributed by atoms with Crippen LogP contribution in [0.5, 0.6) is 0 Å². The number of hydrogen-bond donors (Lipinski definition) is 0. The maximum absolute atomic E-state index is 4.82. The Hall–Kier alpha value is -1.80. The van der Waals surface area contributed by atoms with Gasteiger partial charge in [-0.3, -0.25) is 0 Å². The molecule has 3 aromatic rings. The zero-order valence-corrected chi connectivity index (χ0v) is 23.4.